The van der Waals surface area contributed by atoms with Crippen LogP contribution in [0, 0.1) is 5.82 Å². The van der Waals surface area contributed by atoms with E-state index in [2.05, 4.69) is 6.58 Å². The molecular weight excluding hydrogens is 227 g/mol. The fraction of sp³-hybridized carbons (Fsp3) is 0.385. The Kier molecular flexibility index (Phi) is 4.97. The molecule has 0 aliphatic carbocycles. The second kappa shape index (κ2) is 6.02. The van der Waals surface area contributed by atoms with E-state index in [4.69, 9.17) is 11.6 Å². The van der Waals surface area contributed by atoms with Gasteiger partial charge in [0.25, 0.3) is 0 Å². The quantitative estimate of drug-likeness (QED) is 0.780. The molecule has 0 radical (unpaired) electrons. The summed E-state index contributed by atoms with van der Waals surface area (Å²) in [6, 6.07) is 4.53. The number of rotatable bonds is 5. The normalized spacial score (nSPS) is 12.5. The Morgan fingerprint density at radius 1 is 1.56 bits per heavy atom. The van der Waals surface area contributed by atoms with Gasteiger partial charge in [-0.2, -0.15) is 0 Å². The summed E-state index contributed by atoms with van der Waals surface area (Å²) in [6.45, 7) is 5.79. The highest BCUT2D eigenvalue weighted by atomic mass is 35.5. The minimum Gasteiger partial charge on any atom is -0.392 e. The lowest BCUT2D eigenvalue weighted by Crippen LogP contribution is -2.12. The van der Waals surface area contributed by atoms with Crippen LogP contribution in [0.25, 0.3) is 0 Å². The number of hydrogen-bond acceptors (Lipinski definition) is 1. The number of aliphatic hydroxyl groups is 1. The van der Waals surface area contributed by atoms with Crippen molar-refractivity contribution in [3.63, 3.8) is 0 Å². The summed E-state index contributed by atoms with van der Waals surface area (Å²) < 4.78 is 13.4. The van der Waals surface area contributed by atoms with Crippen molar-refractivity contribution >= 4 is 11.6 Å². The molecule has 16 heavy (non-hydrogen) atoms. The molecule has 0 saturated heterocycles. The average molecular weight is 243 g/mol. The molecular formula is C13H16ClFO. The fourth-order valence-electron chi connectivity index (χ4n) is 1.51. The number of benzene rings is 1. The molecule has 0 bridgehead atoms. The number of halogens is 2. The highest BCUT2D eigenvalue weighted by Gasteiger charge is 2.13. The van der Waals surface area contributed by atoms with Crippen LogP contribution in [0.15, 0.2) is 30.4 Å². The molecule has 0 aliphatic rings. The number of aliphatic hydroxyl groups excluding tert-OH is 1. The highest BCUT2D eigenvalue weighted by Crippen LogP contribution is 2.22. The second-order valence-electron chi connectivity index (χ2n) is 3.87. The van der Waals surface area contributed by atoms with Crippen molar-refractivity contribution in [1.29, 1.82) is 0 Å². The van der Waals surface area contributed by atoms with Crippen molar-refractivity contribution in [3.05, 3.63) is 46.8 Å². The first-order valence-corrected chi connectivity index (χ1v) is 5.70. The standard InChI is InChI=1S/C13H16ClFO/c1-3-9(2)7-10(16)8-11-12(14)5-4-6-13(11)15/h4-6,10,16H,2-3,7-8H2,1H3. The molecule has 0 aromatic heterocycles. The third-order valence-corrected chi connectivity index (χ3v) is 2.88. The summed E-state index contributed by atoms with van der Waals surface area (Å²) in [5.41, 5.74) is 1.33. The minimum atomic E-state index is -0.623. The number of hydrogen-bond donors (Lipinski definition) is 1. The van der Waals surface area contributed by atoms with Crippen molar-refractivity contribution in [1.82, 2.24) is 0 Å². The van der Waals surface area contributed by atoms with E-state index in [1.165, 1.54) is 6.07 Å². The molecule has 0 amide bonds. The van der Waals surface area contributed by atoms with Crippen molar-refractivity contribution < 1.29 is 9.50 Å². The Bertz CT molecular complexity index is 356. The van der Waals surface area contributed by atoms with Crippen LogP contribution in [-0.2, 0) is 6.42 Å². The summed E-state index contributed by atoms with van der Waals surface area (Å²) >= 11 is 5.87. The van der Waals surface area contributed by atoms with Crippen LogP contribution in [0.3, 0.4) is 0 Å². The predicted octanol–water partition coefficient (Wildman–Crippen LogP) is 3.74. The van der Waals surface area contributed by atoms with E-state index in [9.17, 15) is 9.50 Å². The van der Waals surface area contributed by atoms with Crippen LogP contribution < -0.4 is 0 Å². The average Bonchev–Trinajstić information content (AvgIpc) is 2.23. The summed E-state index contributed by atoms with van der Waals surface area (Å²) in [5.74, 6) is -0.367. The molecule has 1 N–H and O–H groups in total. The van der Waals surface area contributed by atoms with E-state index < -0.39 is 6.10 Å². The molecule has 0 fully saturated rings. The summed E-state index contributed by atoms with van der Waals surface area (Å²) in [5, 5.41) is 10.1. The first-order valence-electron chi connectivity index (χ1n) is 5.32. The Morgan fingerprint density at radius 2 is 2.25 bits per heavy atom. The molecule has 1 nitrogen and oxygen atoms in total. The van der Waals surface area contributed by atoms with Crippen molar-refractivity contribution in [2.45, 2.75) is 32.3 Å². The van der Waals surface area contributed by atoms with Gasteiger partial charge in [0.2, 0.25) is 0 Å². The van der Waals surface area contributed by atoms with Gasteiger partial charge < -0.3 is 5.11 Å². The van der Waals surface area contributed by atoms with E-state index in [-0.39, 0.29) is 12.2 Å². The summed E-state index contributed by atoms with van der Waals surface area (Å²) in [4.78, 5) is 0. The van der Waals surface area contributed by atoms with E-state index in [0.29, 0.717) is 17.0 Å². The SMILES string of the molecule is C=C(CC)CC(O)Cc1c(F)cccc1Cl. The van der Waals surface area contributed by atoms with Gasteiger partial charge in [0.1, 0.15) is 5.82 Å². The zero-order valence-electron chi connectivity index (χ0n) is 9.34. The Morgan fingerprint density at radius 3 is 2.81 bits per heavy atom. The molecule has 88 valence electrons. The fourth-order valence-corrected chi connectivity index (χ4v) is 1.75. The molecule has 0 aliphatic heterocycles. The van der Waals surface area contributed by atoms with Crippen LogP contribution in [0.2, 0.25) is 5.02 Å². The van der Waals surface area contributed by atoms with Crippen molar-refractivity contribution in [2.24, 2.45) is 0 Å². The first kappa shape index (κ1) is 13.2. The summed E-state index contributed by atoms with van der Waals surface area (Å²) in [6.07, 6.45) is 0.912. The molecule has 0 spiro atoms. The van der Waals surface area contributed by atoms with Gasteiger partial charge >= 0.3 is 0 Å². The lowest BCUT2D eigenvalue weighted by molar-refractivity contribution is 0.173. The maximum absolute atomic E-state index is 13.4. The van der Waals surface area contributed by atoms with Crippen LogP contribution in [0.5, 0.6) is 0 Å². The monoisotopic (exact) mass is 242 g/mol. The lowest BCUT2D eigenvalue weighted by Gasteiger charge is -2.13. The van der Waals surface area contributed by atoms with E-state index in [0.717, 1.165) is 12.0 Å². The molecule has 3 heteroatoms. The van der Waals surface area contributed by atoms with E-state index in [1.54, 1.807) is 12.1 Å². The van der Waals surface area contributed by atoms with Crippen molar-refractivity contribution in [3.8, 4) is 0 Å². The van der Waals surface area contributed by atoms with E-state index in [1.807, 2.05) is 6.92 Å². The van der Waals surface area contributed by atoms with Gasteiger partial charge in [0.05, 0.1) is 6.10 Å². The van der Waals surface area contributed by atoms with Crippen LogP contribution in [0.1, 0.15) is 25.3 Å². The smallest absolute Gasteiger partial charge is 0.127 e. The Balaban J connectivity index is 2.69. The zero-order valence-corrected chi connectivity index (χ0v) is 10.1. The molecule has 1 atom stereocenters. The molecule has 1 rings (SSSR count). The lowest BCUT2D eigenvalue weighted by atomic mass is 10.0. The van der Waals surface area contributed by atoms with Crippen LogP contribution >= 0.6 is 11.6 Å². The van der Waals surface area contributed by atoms with Gasteiger partial charge in [-0.3, -0.25) is 0 Å². The van der Waals surface area contributed by atoms with Gasteiger partial charge in [-0.25, -0.2) is 4.39 Å². The van der Waals surface area contributed by atoms with Crippen LogP contribution in [-0.4, -0.2) is 11.2 Å². The van der Waals surface area contributed by atoms with Crippen molar-refractivity contribution in [2.75, 3.05) is 0 Å². The largest absolute Gasteiger partial charge is 0.392 e. The van der Waals surface area contributed by atoms with Gasteiger partial charge in [0, 0.05) is 17.0 Å². The van der Waals surface area contributed by atoms with Crippen LogP contribution in [0.4, 0.5) is 4.39 Å². The molecule has 0 heterocycles. The topological polar surface area (TPSA) is 20.2 Å². The molecule has 1 unspecified atom stereocenters. The molecule has 1 aromatic rings. The van der Waals surface area contributed by atoms with Gasteiger partial charge in [0.15, 0.2) is 0 Å². The Labute approximate surface area is 101 Å². The minimum absolute atomic E-state index is 0.227. The predicted molar refractivity (Wildman–Crippen MR) is 65.2 cm³/mol. The third-order valence-electron chi connectivity index (χ3n) is 2.53. The highest BCUT2D eigenvalue weighted by molar-refractivity contribution is 6.31. The first-order chi connectivity index (χ1) is 7.54. The van der Waals surface area contributed by atoms with Gasteiger partial charge in [-0.05, 0) is 25.0 Å². The third kappa shape index (κ3) is 3.62. The maximum Gasteiger partial charge on any atom is 0.127 e. The second-order valence-corrected chi connectivity index (χ2v) is 4.27. The molecule has 1 aromatic carbocycles. The zero-order chi connectivity index (χ0) is 12.1. The Hall–Kier alpha value is -0.860. The van der Waals surface area contributed by atoms with E-state index >= 15 is 0 Å². The maximum atomic E-state index is 13.4. The summed E-state index contributed by atoms with van der Waals surface area (Å²) in [7, 11) is 0. The molecule has 0 saturated carbocycles. The van der Waals surface area contributed by atoms with Gasteiger partial charge in [-0.15, -0.1) is 0 Å². The van der Waals surface area contributed by atoms with Gasteiger partial charge in [-0.1, -0.05) is 36.7 Å².